The molecule has 1 fully saturated rings. The number of likely N-dealkylation sites (N-methyl/N-ethyl adjacent to an activating group) is 1. The smallest absolute Gasteiger partial charge is 0.353 e. The Hall–Kier alpha value is -1.68. The molecule has 1 amide bonds. The van der Waals surface area contributed by atoms with Crippen molar-refractivity contribution in [2.75, 3.05) is 20.1 Å². The molecule has 3 aliphatic heterocycles. The molecule has 4 heterocycles. The fraction of sp³-hybridized carbons (Fsp3) is 0.500. The minimum atomic E-state index is -1.11. The number of rotatable bonds is 5. The predicted molar refractivity (Wildman–Crippen MR) is 103 cm³/mol. The number of β-lactam (4-membered cyclic amide) rings is 1. The molecule has 0 radical (unpaired) electrons. The van der Waals surface area contributed by atoms with Crippen molar-refractivity contribution in [3.63, 3.8) is 0 Å². The van der Waals surface area contributed by atoms with Gasteiger partial charge in [0.05, 0.1) is 23.8 Å². The molecule has 0 saturated carbocycles. The second-order valence-corrected chi connectivity index (χ2v) is 9.45. The molecule has 1 aromatic rings. The number of aromatic nitrogens is 1. The van der Waals surface area contributed by atoms with E-state index in [1.165, 1.54) is 33.6 Å². The Labute approximate surface area is 165 Å². The van der Waals surface area contributed by atoms with Crippen LogP contribution in [0.1, 0.15) is 19.5 Å². The van der Waals surface area contributed by atoms with Crippen molar-refractivity contribution < 1.29 is 19.8 Å². The Kier molecular flexibility index (Phi) is 4.66. The third-order valence-electron chi connectivity index (χ3n) is 5.41. The Morgan fingerprint density at radius 2 is 2.22 bits per heavy atom. The van der Waals surface area contributed by atoms with Crippen molar-refractivity contribution in [3.05, 3.63) is 27.8 Å². The van der Waals surface area contributed by atoms with Gasteiger partial charge in [0.2, 0.25) is 5.91 Å². The summed E-state index contributed by atoms with van der Waals surface area (Å²) in [7, 11) is 2.05. The minimum Gasteiger partial charge on any atom is -0.477 e. The summed E-state index contributed by atoms with van der Waals surface area (Å²) < 4.78 is 0.768. The molecule has 1 saturated heterocycles. The van der Waals surface area contributed by atoms with Gasteiger partial charge in [0.25, 0.3) is 0 Å². The number of aliphatic carboxylic acids is 1. The van der Waals surface area contributed by atoms with E-state index in [1.54, 1.807) is 6.92 Å². The first-order valence-electron chi connectivity index (χ1n) is 8.79. The topological polar surface area (TPSA) is 94.0 Å². The maximum atomic E-state index is 12.4. The summed E-state index contributed by atoms with van der Waals surface area (Å²) >= 11 is 2.81. The van der Waals surface area contributed by atoms with Crippen molar-refractivity contribution in [2.24, 2.45) is 11.8 Å². The van der Waals surface area contributed by atoms with Gasteiger partial charge in [0.1, 0.15) is 5.70 Å². The van der Waals surface area contributed by atoms with Gasteiger partial charge in [-0.2, -0.15) is 0 Å². The number of nitrogens with zero attached hydrogens (tertiary/aromatic N) is 3. The fourth-order valence-corrected chi connectivity index (χ4v) is 6.19. The van der Waals surface area contributed by atoms with Crippen molar-refractivity contribution >= 4 is 40.5 Å². The van der Waals surface area contributed by atoms with Crippen LogP contribution in [-0.4, -0.2) is 69.2 Å². The zero-order chi connectivity index (χ0) is 19.5. The van der Waals surface area contributed by atoms with E-state index >= 15 is 0 Å². The van der Waals surface area contributed by atoms with Gasteiger partial charge in [0, 0.05) is 29.3 Å². The Morgan fingerprint density at radius 3 is 2.81 bits per heavy atom. The molecule has 27 heavy (non-hydrogen) atoms. The molecule has 2 N–H and O–H groups in total. The molecular weight excluding hydrogens is 386 g/mol. The molecule has 144 valence electrons. The molecule has 0 spiro atoms. The SMILES string of the molecule is C[C@@H](O)[C@H]1C(=O)N2C(C(=O)O)=C(Sc3nc(C4=CCN(C)C4)cs3)[C@H](C)[C@H]12. The van der Waals surface area contributed by atoms with Crippen LogP contribution in [0.15, 0.2) is 26.4 Å². The summed E-state index contributed by atoms with van der Waals surface area (Å²) in [6.07, 6.45) is 1.36. The number of carbonyl (C=O) groups excluding carboxylic acids is 1. The number of hydrogen-bond acceptors (Lipinski definition) is 7. The highest BCUT2D eigenvalue weighted by Gasteiger charge is 2.60. The van der Waals surface area contributed by atoms with Gasteiger partial charge >= 0.3 is 5.97 Å². The molecule has 1 aromatic heterocycles. The zero-order valence-electron chi connectivity index (χ0n) is 15.2. The lowest BCUT2D eigenvalue weighted by Gasteiger charge is -2.46. The number of aliphatic hydroxyl groups is 1. The summed E-state index contributed by atoms with van der Waals surface area (Å²) in [5.74, 6) is -2.11. The van der Waals surface area contributed by atoms with Crippen LogP contribution in [-0.2, 0) is 9.59 Å². The average Bonchev–Trinajstić information content (AvgIpc) is 3.27. The Bertz CT molecular complexity index is 876. The highest BCUT2D eigenvalue weighted by Crippen LogP contribution is 2.52. The molecule has 0 aromatic carbocycles. The average molecular weight is 408 g/mol. The molecule has 4 atom stereocenters. The molecular formula is C18H21N3O4S2. The number of fused-ring (bicyclic) bond motifs is 1. The predicted octanol–water partition coefficient (Wildman–Crippen LogP) is 1.72. The number of thiazole rings is 1. The molecule has 0 bridgehead atoms. The van der Waals surface area contributed by atoms with Crippen LogP contribution in [0, 0.1) is 11.8 Å². The lowest BCUT2D eigenvalue weighted by Crippen LogP contribution is -2.63. The first-order valence-corrected chi connectivity index (χ1v) is 10.5. The normalized spacial score (nSPS) is 29.0. The van der Waals surface area contributed by atoms with Crippen molar-refractivity contribution in [2.45, 2.75) is 30.3 Å². The van der Waals surface area contributed by atoms with Gasteiger partial charge < -0.3 is 15.1 Å². The second-order valence-electron chi connectivity index (χ2n) is 7.30. The monoisotopic (exact) mass is 407 g/mol. The highest BCUT2D eigenvalue weighted by molar-refractivity contribution is 8.04. The van der Waals surface area contributed by atoms with Crippen LogP contribution in [0.3, 0.4) is 0 Å². The van der Waals surface area contributed by atoms with Crippen molar-refractivity contribution in [3.8, 4) is 0 Å². The van der Waals surface area contributed by atoms with Gasteiger partial charge in [-0.25, -0.2) is 9.78 Å². The van der Waals surface area contributed by atoms with Crippen LogP contribution >= 0.6 is 23.1 Å². The summed E-state index contributed by atoms with van der Waals surface area (Å²) in [4.78, 5) is 33.1. The first kappa shape index (κ1) is 18.7. The Balaban J connectivity index is 1.61. The molecule has 0 unspecified atom stereocenters. The number of carboxylic acid groups (broad SMARTS) is 1. The van der Waals surface area contributed by atoms with Crippen molar-refractivity contribution in [1.29, 1.82) is 0 Å². The maximum absolute atomic E-state index is 12.4. The molecule has 7 nitrogen and oxygen atoms in total. The number of hydrogen-bond donors (Lipinski definition) is 2. The van der Waals surface area contributed by atoms with Gasteiger partial charge in [-0.3, -0.25) is 9.69 Å². The zero-order valence-corrected chi connectivity index (χ0v) is 16.9. The molecule has 9 heteroatoms. The Morgan fingerprint density at radius 1 is 1.48 bits per heavy atom. The van der Waals surface area contributed by atoms with E-state index < -0.39 is 18.0 Å². The van der Waals surface area contributed by atoms with E-state index in [2.05, 4.69) is 23.0 Å². The quantitative estimate of drug-likeness (QED) is 0.718. The van der Waals surface area contributed by atoms with Crippen LogP contribution in [0.5, 0.6) is 0 Å². The third-order valence-corrected chi connectivity index (χ3v) is 7.63. The van der Waals surface area contributed by atoms with Crippen LogP contribution < -0.4 is 0 Å². The number of amides is 1. The standard InChI is InChI=1S/C18H21N3O4S2/c1-8-13-12(9(2)22)16(23)21(13)14(17(24)25)15(8)27-18-19-11(7-26-18)10-4-5-20(3)6-10/h4,7-9,12-13,22H,5-6H2,1-3H3,(H,24,25)/t8-,9-,12-,13-/m1/s1. The first-order chi connectivity index (χ1) is 12.8. The second kappa shape index (κ2) is 6.73. The van der Waals surface area contributed by atoms with E-state index in [0.717, 1.165) is 23.1 Å². The van der Waals surface area contributed by atoms with E-state index in [9.17, 15) is 19.8 Å². The fourth-order valence-electron chi connectivity index (χ4n) is 4.07. The van der Waals surface area contributed by atoms with E-state index in [1.807, 2.05) is 12.3 Å². The number of thioether (sulfide) groups is 1. The molecule has 3 aliphatic rings. The van der Waals surface area contributed by atoms with Crippen LogP contribution in [0.4, 0.5) is 0 Å². The molecule has 4 rings (SSSR count). The van der Waals surface area contributed by atoms with Gasteiger partial charge in [0.15, 0.2) is 4.34 Å². The summed E-state index contributed by atoms with van der Waals surface area (Å²) in [6, 6.07) is -0.295. The van der Waals surface area contributed by atoms with Gasteiger partial charge in [-0.15, -0.1) is 11.3 Å². The lowest BCUT2D eigenvalue weighted by atomic mass is 9.79. The summed E-state index contributed by atoms with van der Waals surface area (Å²) in [5.41, 5.74) is 2.15. The van der Waals surface area contributed by atoms with Crippen molar-refractivity contribution in [1.82, 2.24) is 14.8 Å². The number of aliphatic hydroxyl groups excluding tert-OH is 1. The van der Waals surface area contributed by atoms with Crippen LogP contribution in [0.25, 0.3) is 5.57 Å². The minimum absolute atomic E-state index is 0.0379. The third kappa shape index (κ3) is 2.93. The number of carbonyl (C=O) groups is 2. The number of carboxylic acids is 1. The van der Waals surface area contributed by atoms with Crippen LogP contribution in [0.2, 0.25) is 0 Å². The van der Waals surface area contributed by atoms with E-state index in [0.29, 0.717) is 4.91 Å². The maximum Gasteiger partial charge on any atom is 0.353 e. The van der Waals surface area contributed by atoms with E-state index in [4.69, 9.17) is 0 Å². The lowest BCUT2D eigenvalue weighted by molar-refractivity contribution is -0.163. The largest absolute Gasteiger partial charge is 0.477 e. The van der Waals surface area contributed by atoms with Gasteiger partial charge in [-0.1, -0.05) is 24.8 Å². The highest BCUT2D eigenvalue weighted by atomic mass is 32.2. The van der Waals surface area contributed by atoms with E-state index in [-0.39, 0.29) is 23.6 Å². The summed E-state index contributed by atoms with van der Waals surface area (Å²) in [5, 5.41) is 21.6. The summed E-state index contributed by atoms with van der Waals surface area (Å²) in [6.45, 7) is 5.26. The molecule has 0 aliphatic carbocycles. The van der Waals surface area contributed by atoms with Gasteiger partial charge in [-0.05, 0) is 19.5 Å².